The summed E-state index contributed by atoms with van der Waals surface area (Å²) in [7, 11) is -1.22. The Bertz CT molecular complexity index is 1320. The van der Waals surface area contributed by atoms with Crippen molar-refractivity contribution in [2.24, 2.45) is 0 Å². The van der Waals surface area contributed by atoms with E-state index in [0.717, 1.165) is 23.1 Å². The number of halogens is 2. The molecular weight excluding hydrogens is 542 g/mol. The van der Waals surface area contributed by atoms with Gasteiger partial charge in [-0.25, -0.2) is 9.66 Å². The van der Waals surface area contributed by atoms with Crippen LogP contribution in [0.15, 0.2) is 50.8 Å². The minimum atomic E-state index is -1.22. The van der Waals surface area contributed by atoms with Crippen LogP contribution in [0.1, 0.15) is 19.4 Å². The number of nitrogens with zero attached hydrogens (tertiary/aromatic N) is 4. The van der Waals surface area contributed by atoms with E-state index in [1.807, 2.05) is 17.9 Å². The van der Waals surface area contributed by atoms with Gasteiger partial charge in [0.25, 0.3) is 5.56 Å². The lowest BCUT2D eigenvalue weighted by molar-refractivity contribution is -0.130. The molecule has 1 aliphatic rings. The second-order valence-corrected chi connectivity index (χ2v) is 11.0. The van der Waals surface area contributed by atoms with Gasteiger partial charge in [0.15, 0.2) is 0 Å². The average Bonchev–Trinajstić information content (AvgIpc) is 2.82. The second-order valence-electron chi connectivity index (χ2n) is 8.05. The van der Waals surface area contributed by atoms with Crippen LogP contribution in [0.2, 0.25) is 5.02 Å². The van der Waals surface area contributed by atoms with Crippen molar-refractivity contribution in [2.45, 2.75) is 25.3 Å². The van der Waals surface area contributed by atoms with Gasteiger partial charge in [-0.2, -0.15) is 0 Å². The van der Waals surface area contributed by atoms with Gasteiger partial charge in [0.2, 0.25) is 5.91 Å². The van der Waals surface area contributed by atoms with E-state index < -0.39 is 10.8 Å². The molecule has 0 spiro atoms. The Morgan fingerprint density at radius 2 is 1.94 bits per heavy atom. The predicted molar refractivity (Wildman–Crippen MR) is 139 cm³/mol. The van der Waals surface area contributed by atoms with E-state index in [-0.39, 0.29) is 11.5 Å². The van der Waals surface area contributed by atoms with Gasteiger partial charge < -0.3 is 4.90 Å². The van der Waals surface area contributed by atoms with Gasteiger partial charge in [0.1, 0.15) is 6.33 Å². The first-order chi connectivity index (χ1) is 16.3. The third-order valence-electron chi connectivity index (χ3n) is 5.83. The van der Waals surface area contributed by atoms with Gasteiger partial charge in [-0.1, -0.05) is 34.5 Å². The molecule has 8 nitrogen and oxygen atoms in total. The van der Waals surface area contributed by atoms with E-state index >= 15 is 0 Å². The minimum absolute atomic E-state index is 0.103. The third kappa shape index (κ3) is 5.35. The summed E-state index contributed by atoms with van der Waals surface area (Å²) >= 11 is 9.75. The molecule has 0 saturated carbocycles. The number of amides is 1. The summed E-state index contributed by atoms with van der Waals surface area (Å²) < 4.78 is 14.5. The Hall–Kier alpha value is -2.27. The zero-order chi connectivity index (χ0) is 24.4. The molecule has 1 unspecified atom stereocenters. The fourth-order valence-electron chi connectivity index (χ4n) is 3.92. The lowest BCUT2D eigenvalue weighted by atomic mass is 10.1. The van der Waals surface area contributed by atoms with Crippen LogP contribution in [0.25, 0.3) is 10.9 Å². The summed E-state index contributed by atoms with van der Waals surface area (Å²) in [5.41, 5.74) is 4.84. The molecule has 0 bridgehead atoms. The quantitative estimate of drug-likeness (QED) is 0.492. The van der Waals surface area contributed by atoms with Crippen molar-refractivity contribution >= 4 is 60.8 Å². The Labute approximate surface area is 213 Å². The van der Waals surface area contributed by atoms with Crippen LogP contribution in [0, 0.1) is 0 Å². The van der Waals surface area contributed by atoms with Crippen molar-refractivity contribution in [3.8, 4) is 0 Å². The van der Waals surface area contributed by atoms with E-state index in [4.69, 9.17) is 11.6 Å². The summed E-state index contributed by atoms with van der Waals surface area (Å²) in [6.07, 6.45) is 1.42. The third-order valence-corrected chi connectivity index (χ3v) is 8.17. The van der Waals surface area contributed by atoms with Crippen LogP contribution in [-0.2, 0) is 22.1 Å². The minimum Gasteiger partial charge on any atom is -0.340 e. The predicted octanol–water partition coefficient (Wildman–Crippen LogP) is 3.48. The number of anilines is 1. The first-order valence-corrected chi connectivity index (χ1v) is 13.4. The van der Waals surface area contributed by atoms with E-state index in [9.17, 15) is 13.8 Å². The smallest absolute Gasteiger partial charge is 0.280 e. The maximum atomic E-state index is 13.2. The van der Waals surface area contributed by atoms with E-state index in [1.54, 1.807) is 31.2 Å². The molecule has 0 aliphatic carbocycles. The van der Waals surface area contributed by atoms with Gasteiger partial charge in [-0.3, -0.25) is 24.1 Å². The summed E-state index contributed by atoms with van der Waals surface area (Å²) in [4.78, 5) is 33.9. The molecule has 1 aliphatic heterocycles. The zero-order valence-electron chi connectivity index (χ0n) is 18.9. The summed E-state index contributed by atoms with van der Waals surface area (Å²) in [6.45, 7) is 7.14. The van der Waals surface area contributed by atoms with Crippen molar-refractivity contribution in [3.05, 3.63) is 62.1 Å². The van der Waals surface area contributed by atoms with Crippen LogP contribution < -0.4 is 11.0 Å². The molecule has 2 aromatic carbocycles. The Morgan fingerprint density at radius 3 is 2.62 bits per heavy atom. The monoisotopic (exact) mass is 565 g/mol. The number of fused-ring (bicyclic) bond motifs is 1. The normalized spacial score (nSPS) is 15.5. The van der Waals surface area contributed by atoms with Crippen molar-refractivity contribution in [3.63, 3.8) is 0 Å². The van der Waals surface area contributed by atoms with Crippen LogP contribution in [-0.4, -0.2) is 61.5 Å². The molecule has 1 N–H and O–H groups in total. The molecule has 34 heavy (non-hydrogen) atoms. The number of benzene rings is 2. The fourth-order valence-corrected chi connectivity index (χ4v) is 5.44. The highest BCUT2D eigenvalue weighted by atomic mass is 79.9. The molecule has 1 fully saturated rings. The molecule has 0 radical (unpaired) electrons. The molecule has 1 amide bonds. The van der Waals surface area contributed by atoms with Crippen molar-refractivity contribution < 1.29 is 9.00 Å². The van der Waals surface area contributed by atoms with Gasteiger partial charge >= 0.3 is 0 Å². The van der Waals surface area contributed by atoms with E-state index in [1.165, 1.54) is 11.0 Å². The summed E-state index contributed by atoms with van der Waals surface area (Å²) in [6, 6.07) is 8.72. The number of hydrogen-bond donors (Lipinski definition) is 1. The number of aromatic nitrogens is 2. The fraction of sp³-hybridized carbons (Fsp3) is 0.348. The summed E-state index contributed by atoms with van der Waals surface area (Å²) in [5.74, 6) is 0.548. The number of nitrogens with one attached hydrogen (secondary N) is 1. The van der Waals surface area contributed by atoms with Crippen molar-refractivity contribution in [1.29, 1.82) is 0 Å². The molecule has 2 heterocycles. The van der Waals surface area contributed by atoms with Crippen molar-refractivity contribution in [2.75, 3.05) is 37.4 Å². The molecular formula is C23H25BrClN5O3S. The lowest BCUT2D eigenvalue weighted by Gasteiger charge is -2.34. The molecule has 1 aromatic heterocycles. The summed E-state index contributed by atoms with van der Waals surface area (Å²) in [5, 5.41) is 0.921. The first kappa shape index (κ1) is 24.8. The number of carbonyl (C=O) groups is 1. The van der Waals surface area contributed by atoms with E-state index in [2.05, 4.69) is 31.2 Å². The molecule has 11 heteroatoms. The first-order valence-electron chi connectivity index (χ1n) is 10.9. The average molecular weight is 567 g/mol. The highest BCUT2D eigenvalue weighted by Gasteiger charge is 2.20. The molecule has 3 aromatic rings. The topological polar surface area (TPSA) is 87.5 Å². The maximum Gasteiger partial charge on any atom is 0.280 e. The zero-order valence-corrected chi connectivity index (χ0v) is 22.0. The van der Waals surface area contributed by atoms with Crippen LogP contribution in [0.4, 0.5) is 5.69 Å². The number of hydrogen-bond acceptors (Lipinski definition) is 6. The SMILES string of the molecule is CCS(=O)c1ccc(Cl)cc1Nn1cnc2cc(CN3CCN(C(C)=O)CC3)c(Br)cc2c1=O. The van der Waals surface area contributed by atoms with E-state index in [0.29, 0.717) is 51.9 Å². The molecule has 4 rings (SSSR count). The van der Waals surface area contributed by atoms with Gasteiger partial charge in [-0.15, -0.1) is 0 Å². The lowest BCUT2D eigenvalue weighted by Crippen LogP contribution is -2.47. The van der Waals surface area contributed by atoms with Gasteiger partial charge in [-0.05, 0) is 35.9 Å². The highest BCUT2D eigenvalue weighted by molar-refractivity contribution is 9.10. The second kappa shape index (κ2) is 10.6. The number of piperazine rings is 1. The largest absolute Gasteiger partial charge is 0.340 e. The maximum absolute atomic E-state index is 13.2. The van der Waals surface area contributed by atoms with Crippen LogP contribution >= 0.6 is 27.5 Å². The van der Waals surface area contributed by atoms with Crippen LogP contribution in [0.3, 0.4) is 0 Å². The molecule has 1 saturated heterocycles. The number of rotatable bonds is 6. The van der Waals surface area contributed by atoms with Crippen LogP contribution in [0.5, 0.6) is 0 Å². The van der Waals surface area contributed by atoms with Gasteiger partial charge in [0, 0.05) is 54.9 Å². The molecule has 1 atom stereocenters. The standard InChI is InChI=1S/C23H25BrClN5O3S/c1-3-34(33)22-5-4-17(25)11-21(22)27-30-14-26-20-10-16(19(24)12-18(20)23(30)32)13-28-6-8-29(9-7-28)15(2)31/h4-5,10-12,14,27H,3,6-9,13H2,1-2H3. The van der Waals surface area contributed by atoms with Gasteiger partial charge in [0.05, 0.1) is 32.3 Å². The Balaban J connectivity index is 1.60. The Morgan fingerprint density at radius 1 is 1.21 bits per heavy atom. The van der Waals surface area contributed by atoms with Crippen molar-refractivity contribution in [1.82, 2.24) is 19.5 Å². The Kier molecular flexibility index (Phi) is 7.71. The highest BCUT2D eigenvalue weighted by Crippen LogP contribution is 2.26. The molecule has 180 valence electrons. The number of carbonyl (C=O) groups excluding carboxylic acids is 1.